The van der Waals surface area contributed by atoms with Gasteiger partial charge in [0, 0.05) is 19.3 Å². The van der Waals surface area contributed by atoms with Gasteiger partial charge in [-0.3, -0.25) is 4.79 Å². The largest absolute Gasteiger partial charge is 0.497 e. The Bertz CT molecular complexity index is 626. The van der Waals surface area contributed by atoms with Crippen molar-refractivity contribution in [3.8, 4) is 11.4 Å². The second-order valence-corrected chi connectivity index (χ2v) is 5.55. The van der Waals surface area contributed by atoms with Crippen LogP contribution in [0.2, 0.25) is 0 Å². The molecule has 1 aliphatic rings. The van der Waals surface area contributed by atoms with E-state index in [0.717, 1.165) is 37.4 Å². The molecule has 0 aliphatic carbocycles. The Morgan fingerprint density at radius 2 is 1.73 bits per heavy atom. The number of likely N-dealkylation sites (tertiary alicyclic amines) is 1. The zero-order chi connectivity index (χ0) is 15.4. The van der Waals surface area contributed by atoms with Crippen LogP contribution in [0.4, 0.5) is 0 Å². The Morgan fingerprint density at radius 3 is 2.36 bits per heavy atom. The minimum atomic E-state index is 0.0363. The lowest BCUT2D eigenvalue weighted by molar-refractivity contribution is 0.0755. The van der Waals surface area contributed by atoms with Gasteiger partial charge in [0.25, 0.3) is 5.91 Å². The van der Waals surface area contributed by atoms with Gasteiger partial charge >= 0.3 is 0 Å². The first-order valence-electron chi connectivity index (χ1n) is 7.77. The molecule has 5 heteroatoms. The summed E-state index contributed by atoms with van der Waals surface area (Å²) in [6.45, 7) is 1.68. The maximum Gasteiger partial charge on any atom is 0.274 e. The third kappa shape index (κ3) is 3.13. The van der Waals surface area contributed by atoms with Crippen LogP contribution < -0.4 is 4.74 Å². The molecule has 1 amide bonds. The number of amides is 1. The van der Waals surface area contributed by atoms with Crippen molar-refractivity contribution in [2.45, 2.75) is 25.7 Å². The standard InChI is InChI=1S/C17H21N3O2/c1-22-15-8-6-14(7-9-15)20-13-10-16(18-20)17(21)19-11-4-2-3-5-12-19/h6-10,13H,2-5,11-12H2,1H3. The van der Waals surface area contributed by atoms with E-state index in [4.69, 9.17) is 4.74 Å². The van der Waals surface area contributed by atoms with Gasteiger partial charge in [0.2, 0.25) is 0 Å². The Labute approximate surface area is 130 Å². The second-order valence-electron chi connectivity index (χ2n) is 5.55. The molecular formula is C17H21N3O2. The predicted octanol–water partition coefficient (Wildman–Crippen LogP) is 2.90. The molecule has 0 bridgehead atoms. The number of aromatic nitrogens is 2. The van der Waals surface area contributed by atoms with E-state index in [0.29, 0.717) is 5.69 Å². The number of hydrogen-bond donors (Lipinski definition) is 0. The molecule has 0 spiro atoms. The quantitative estimate of drug-likeness (QED) is 0.875. The van der Waals surface area contributed by atoms with E-state index in [1.54, 1.807) is 17.9 Å². The van der Waals surface area contributed by atoms with E-state index >= 15 is 0 Å². The van der Waals surface area contributed by atoms with Gasteiger partial charge < -0.3 is 9.64 Å². The molecule has 0 radical (unpaired) electrons. The van der Waals surface area contributed by atoms with Crippen molar-refractivity contribution in [1.82, 2.24) is 14.7 Å². The second kappa shape index (κ2) is 6.64. The third-order valence-corrected chi connectivity index (χ3v) is 4.04. The van der Waals surface area contributed by atoms with E-state index in [9.17, 15) is 4.79 Å². The van der Waals surface area contributed by atoms with Crippen LogP contribution in [-0.2, 0) is 0 Å². The molecule has 2 aromatic rings. The summed E-state index contributed by atoms with van der Waals surface area (Å²) in [5.41, 5.74) is 1.42. The van der Waals surface area contributed by atoms with E-state index in [1.807, 2.05) is 35.4 Å². The molecular weight excluding hydrogens is 278 g/mol. The normalized spacial score (nSPS) is 15.4. The van der Waals surface area contributed by atoms with E-state index in [-0.39, 0.29) is 5.91 Å². The van der Waals surface area contributed by atoms with Crippen molar-refractivity contribution >= 4 is 5.91 Å². The fourth-order valence-electron chi connectivity index (χ4n) is 2.75. The smallest absolute Gasteiger partial charge is 0.274 e. The highest BCUT2D eigenvalue weighted by molar-refractivity contribution is 5.92. The molecule has 0 N–H and O–H groups in total. The molecule has 1 aromatic carbocycles. The summed E-state index contributed by atoms with van der Waals surface area (Å²) in [6, 6.07) is 9.40. The van der Waals surface area contributed by atoms with Gasteiger partial charge in [-0.05, 0) is 43.2 Å². The first-order valence-corrected chi connectivity index (χ1v) is 7.77. The molecule has 1 aromatic heterocycles. The molecule has 0 unspecified atom stereocenters. The van der Waals surface area contributed by atoms with Crippen LogP contribution in [0.15, 0.2) is 36.5 Å². The topological polar surface area (TPSA) is 47.4 Å². The van der Waals surface area contributed by atoms with Gasteiger partial charge in [0.05, 0.1) is 12.8 Å². The van der Waals surface area contributed by atoms with Gasteiger partial charge in [0.15, 0.2) is 5.69 Å². The van der Waals surface area contributed by atoms with Crippen molar-refractivity contribution in [2.75, 3.05) is 20.2 Å². The van der Waals surface area contributed by atoms with Gasteiger partial charge in [-0.2, -0.15) is 5.10 Å². The Hall–Kier alpha value is -2.30. The summed E-state index contributed by atoms with van der Waals surface area (Å²) >= 11 is 0. The van der Waals surface area contributed by atoms with Crippen LogP contribution in [0.25, 0.3) is 5.69 Å². The minimum Gasteiger partial charge on any atom is -0.497 e. The minimum absolute atomic E-state index is 0.0363. The van der Waals surface area contributed by atoms with Crippen LogP contribution >= 0.6 is 0 Å². The number of hydrogen-bond acceptors (Lipinski definition) is 3. The van der Waals surface area contributed by atoms with Crippen molar-refractivity contribution < 1.29 is 9.53 Å². The number of carbonyl (C=O) groups is 1. The average Bonchev–Trinajstić information content (AvgIpc) is 2.90. The van der Waals surface area contributed by atoms with Gasteiger partial charge in [-0.1, -0.05) is 12.8 Å². The Kier molecular flexibility index (Phi) is 4.42. The molecule has 5 nitrogen and oxygen atoms in total. The molecule has 2 heterocycles. The van der Waals surface area contributed by atoms with E-state index in [1.165, 1.54) is 12.8 Å². The summed E-state index contributed by atoms with van der Waals surface area (Å²) < 4.78 is 6.88. The molecule has 1 aliphatic heterocycles. The van der Waals surface area contributed by atoms with Crippen LogP contribution in [0.1, 0.15) is 36.2 Å². The zero-order valence-electron chi connectivity index (χ0n) is 12.9. The summed E-state index contributed by atoms with van der Waals surface area (Å²) in [7, 11) is 1.64. The number of rotatable bonds is 3. The predicted molar refractivity (Wildman–Crippen MR) is 84.5 cm³/mol. The summed E-state index contributed by atoms with van der Waals surface area (Å²) in [5, 5.41) is 4.43. The number of nitrogens with zero attached hydrogens (tertiary/aromatic N) is 3. The zero-order valence-corrected chi connectivity index (χ0v) is 12.9. The molecule has 22 heavy (non-hydrogen) atoms. The fraction of sp³-hybridized carbons (Fsp3) is 0.412. The van der Waals surface area contributed by atoms with Crippen molar-refractivity contribution in [3.05, 3.63) is 42.2 Å². The molecule has 116 valence electrons. The lowest BCUT2D eigenvalue weighted by atomic mass is 10.2. The number of carbonyl (C=O) groups excluding carboxylic acids is 1. The van der Waals surface area contributed by atoms with Crippen LogP contribution in [0.5, 0.6) is 5.75 Å². The monoisotopic (exact) mass is 299 g/mol. The molecule has 0 saturated carbocycles. The molecule has 0 atom stereocenters. The number of ether oxygens (including phenoxy) is 1. The lowest BCUT2D eigenvalue weighted by Gasteiger charge is -2.18. The Balaban J connectivity index is 1.75. The maximum absolute atomic E-state index is 12.5. The van der Waals surface area contributed by atoms with Crippen molar-refractivity contribution in [1.29, 1.82) is 0 Å². The van der Waals surface area contributed by atoms with E-state index in [2.05, 4.69) is 5.10 Å². The average molecular weight is 299 g/mol. The number of methoxy groups -OCH3 is 1. The van der Waals surface area contributed by atoms with Gasteiger partial charge in [0.1, 0.15) is 5.75 Å². The van der Waals surface area contributed by atoms with Crippen molar-refractivity contribution in [2.24, 2.45) is 0 Å². The van der Waals surface area contributed by atoms with Gasteiger partial charge in [-0.25, -0.2) is 4.68 Å². The first kappa shape index (κ1) is 14.6. The maximum atomic E-state index is 12.5. The van der Waals surface area contributed by atoms with Crippen LogP contribution in [-0.4, -0.2) is 40.8 Å². The third-order valence-electron chi connectivity index (χ3n) is 4.04. The molecule has 1 saturated heterocycles. The molecule has 3 rings (SSSR count). The van der Waals surface area contributed by atoms with Crippen molar-refractivity contribution in [3.63, 3.8) is 0 Å². The van der Waals surface area contributed by atoms with Gasteiger partial charge in [-0.15, -0.1) is 0 Å². The lowest BCUT2D eigenvalue weighted by Crippen LogP contribution is -2.32. The van der Waals surface area contributed by atoms with Crippen LogP contribution in [0, 0.1) is 0 Å². The Morgan fingerprint density at radius 1 is 1.05 bits per heavy atom. The highest BCUT2D eigenvalue weighted by Crippen LogP contribution is 2.16. The highest BCUT2D eigenvalue weighted by atomic mass is 16.5. The first-order chi connectivity index (χ1) is 10.8. The molecule has 1 fully saturated rings. The summed E-state index contributed by atoms with van der Waals surface area (Å²) in [5.74, 6) is 0.839. The summed E-state index contributed by atoms with van der Waals surface area (Å²) in [6.07, 6.45) is 6.43. The SMILES string of the molecule is COc1ccc(-n2ccc(C(=O)N3CCCCCC3)n2)cc1. The van der Waals surface area contributed by atoms with E-state index < -0.39 is 0 Å². The number of benzene rings is 1. The highest BCUT2D eigenvalue weighted by Gasteiger charge is 2.19. The summed E-state index contributed by atoms with van der Waals surface area (Å²) in [4.78, 5) is 14.5. The fourth-order valence-corrected chi connectivity index (χ4v) is 2.75. The van der Waals surface area contributed by atoms with Crippen LogP contribution in [0.3, 0.4) is 0 Å².